The van der Waals surface area contributed by atoms with E-state index in [1.807, 2.05) is 59.2 Å². The molecule has 0 aliphatic rings. The standard InChI is InChI=1S/C25H25N5OS/c1-3-18(2)19-11-13-21(14-12-19)27-23(31)17-32-25-29-28-24(20-8-7-15-26-16-20)30(25)22-9-5-4-6-10-22/h4-16,18H,3,17H2,1-2H3,(H,27,31)/t18-/m1/s1. The van der Waals surface area contributed by atoms with Gasteiger partial charge in [0.2, 0.25) is 5.91 Å². The molecule has 1 atom stereocenters. The first-order valence-corrected chi connectivity index (χ1v) is 11.6. The van der Waals surface area contributed by atoms with Gasteiger partial charge in [-0.1, -0.05) is 55.9 Å². The summed E-state index contributed by atoms with van der Waals surface area (Å²) < 4.78 is 1.95. The lowest BCUT2D eigenvalue weighted by Crippen LogP contribution is -2.14. The van der Waals surface area contributed by atoms with Gasteiger partial charge in [0.05, 0.1) is 5.75 Å². The van der Waals surface area contributed by atoms with Crippen molar-refractivity contribution in [2.45, 2.75) is 31.3 Å². The molecule has 0 saturated heterocycles. The SMILES string of the molecule is CC[C@@H](C)c1ccc(NC(=O)CSc2nnc(-c3cccnc3)n2-c2ccccc2)cc1. The zero-order valence-electron chi connectivity index (χ0n) is 18.1. The van der Waals surface area contributed by atoms with Crippen molar-refractivity contribution in [3.05, 3.63) is 84.7 Å². The van der Waals surface area contributed by atoms with E-state index in [0.717, 1.165) is 23.4 Å². The third kappa shape index (κ3) is 5.06. The second-order valence-corrected chi connectivity index (χ2v) is 8.43. The fourth-order valence-electron chi connectivity index (χ4n) is 3.31. The van der Waals surface area contributed by atoms with Crippen molar-refractivity contribution in [2.24, 2.45) is 0 Å². The molecule has 32 heavy (non-hydrogen) atoms. The first-order valence-electron chi connectivity index (χ1n) is 10.6. The number of para-hydroxylation sites is 1. The maximum atomic E-state index is 12.6. The highest BCUT2D eigenvalue weighted by atomic mass is 32.2. The molecule has 0 aliphatic carbocycles. The predicted molar refractivity (Wildman–Crippen MR) is 129 cm³/mol. The molecule has 0 radical (unpaired) electrons. The van der Waals surface area contributed by atoms with Crippen LogP contribution in [0, 0.1) is 0 Å². The molecule has 4 rings (SSSR count). The van der Waals surface area contributed by atoms with Crippen molar-refractivity contribution in [3.63, 3.8) is 0 Å². The summed E-state index contributed by atoms with van der Waals surface area (Å²) in [7, 11) is 0. The summed E-state index contributed by atoms with van der Waals surface area (Å²) in [6, 6.07) is 21.7. The van der Waals surface area contributed by atoms with Crippen LogP contribution in [0.4, 0.5) is 5.69 Å². The van der Waals surface area contributed by atoms with Crippen molar-refractivity contribution < 1.29 is 4.79 Å². The molecule has 0 aliphatic heterocycles. The molecule has 6 nitrogen and oxygen atoms in total. The molecule has 1 amide bonds. The number of benzene rings is 2. The lowest BCUT2D eigenvalue weighted by atomic mass is 9.99. The number of nitrogens with one attached hydrogen (secondary N) is 1. The van der Waals surface area contributed by atoms with Crippen LogP contribution in [0.25, 0.3) is 17.1 Å². The topological polar surface area (TPSA) is 72.7 Å². The molecule has 0 bridgehead atoms. The Kier molecular flexibility index (Phi) is 6.97. The Labute approximate surface area is 192 Å². The Morgan fingerprint density at radius 1 is 1.03 bits per heavy atom. The van der Waals surface area contributed by atoms with E-state index in [1.165, 1.54) is 17.3 Å². The minimum Gasteiger partial charge on any atom is -0.325 e. The molecular weight excluding hydrogens is 418 g/mol. The second kappa shape index (κ2) is 10.2. The molecule has 0 spiro atoms. The number of carbonyl (C=O) groups is 1. The summed E-state index contributed by atoms with van der Waals surface area (Å²) in [5.41, 5.74) is 3.86. The van der Waals surface area contributed by atoms with E-state index in [-0.39, 0.29) is 11.7 Å². The van der Waals surface area contributed by atoms with Gasteiger partial charge in [0.1, 0.15) is 0 Å². The number of thioether (sulfide) groups is 1. The highest BCUT2D eigenvalue weighted by Gasteiger charge is 2.17. The van der Waals surface area contributed by atoms with Gasteiger partial charge in [-0.2, -0.15) is 0 Å². The van der Waals surface area contributed by atoms with Crippen LogP contribution in [0.15, 0.2) is 84.3 Å². The van der Waals surface area contributed by atoms with Crippen LogP contribution in [0.3, 0.4) is 0 Å². The fourth-order valence-corrected chi connectivity index (χ4v) is 4.06. The Morgan fingerprint density at radius 2 is 1.81 bits per heavy atom. The van der Waals surface area contributed by atoms with Crippen LogP contribution in [-0.2, 0) is 4.79 Å². The molecule has 0 fully saturated rings. The lowest BCUT2D eigenvalue weighted by molar-refractivity contribution is -0.113. The summed E-state index contributed by atoms with van der Waals surface area (Å²) in [6.07, 6.45) is 4.57. The van der Waals surface area contributed by atoms with Crippen LogP contribution >= 0.6 is 11.8 Å². The zero-order chi connectivity index (χ0) is 22.3. The van der Waals surface area contributed by atoms with E-state index in [9.17, 15) is 4.79 Å². The average Bonchev–Trinajstić information content (AvgIpc) is 3.28. The Morgan fingerprint density at radius 3 is 2.50 bits per heavy atom. The number of aromatic nitrogens is 4. The minimum atomic E-state index is -0.0863. The quantitative estimate of drug-likeness (QED) is 0.360. The van der Waals surface area contributed by atoms with Gasteiger partial charge in [-0.15, -0.1) is 10.2 Å². The number of hydrogen-bond donors (Lipinski definition) is 1. The van der Waals surface area contributed by atoms with Crippen molar-refractivity contribution >= 4 is 23.4 Å². The van der Waals surface area contributed by atoms with Crippen LogP contribution in [0.1, 0.15) is 31.7 Å². The number of amides is 1. The molecule has 4 aromatic rings. The second-order valence-electron chi connectivity index (χ2n) is 7.49. The number of anilines is 1. The van der Waals surface area contributed by atoms with Gasteiger partial charge in [-0.05, 0) is 54.3 Å². The first-order chi connectivity index (χ1) is 15.7. The van der Waals surface area contributed by atoms with Crippen LogP contribution in [0.5, 0.6) is 0 Å². The Hall–Kier alpha value is -3.45. The smallest absolute Gasteiger partial charge is 0.234 e. The molecular formula is C25H25N5OS. The van der Waals surface area contributed by atoms with Gasteiger partial charge >= 0.3 is 0 Å². The summed E-state index contributed by atoms with van der Waals surface area (Å²) in [5, 5.41) is 12.4. The molecule has 2 heterocycles. The number of hydrogen-bond acceptors (Lipinski definition) is 5. The molecule has 162 valence electrons. The van der Waals surface area contributed by atoms with E-state index in [4.69, 9.17) is 0 Å². The largest absolute Gasteiger partial charge is 0.325 e. The van der Waals surface area contributed by atoms with Gasteiger partial charge < -0.3 is 5.32 Å². The number of pyridine rings is 1. The van der Waals surface area contributed by atoms with Gasteiger partial charge in [0.15, 0.2) is 11.0 Å². The van der Waals surface area contributed by atoms with Crippen molar-refractivity contribution in [1.82, 2.24) is 19.7 Å². The highest BCUT2D eigenvalue weighted by Crippen LogP contribution is 2.28. The average molecular weight is 444 g/mol. The van der Waals surface area contributed by atoms with Crippen molar-refractivity contribution in [3.8, 4) is 17.1 Å². The maximum Gasteiger partial charge on any atom is 0.234 e. The summed E-state index contributed by atoms with van der Waals surface area (Å²) in [5.74, 6) is 1.34. The molecule has 2 aromatic heterocycles. The highest BCUT2D eigenvalue weighted by molar-refractivity contribution is 7.99. The minimum absolute atomic E-state index is 0.0863. The van der Waals surface area contributed by atoms with Crippen LogP contribution < -0.4 is 5.32 Å². The molecule has 0 saturated carbocycles. The zero-order valence-corrected chi connectivity index (χ0v) is 18.9. The van der Waals surface area contributed by atoms with Gasteiger partial charge in [0, 0.05) is 29.3 Å². The third-order valence-electron chi connectivity index (χ3n) is 5.28. The molecule has 1 N–H and O–H groups in total. The summed E-state index contributed by atoms with van der Waals surface area (Å²) in [6.45, 7) is 4.37. The fraction of sp³-hybridized carbons (Fsp3) is 0.200. The van der Waals surface area contributed by atoms with E-state index >= 15 is 0 Å². The van der Waals surface area contributed by atoms with Crippen LogP contribution in [-0.4, -0.2) is 31.4 Å². The van der Waals surface area contributed by atoms with Gasteiger partial charge in [-0.3, -0.25) is 14.3 Å². The van der Waals surface area contributed by atoms with Gasteiger partial charge in [-0.25, -0.2) is 0 Å². The first kappa shape index (κ1) is 21.8. The van der Waals surface area contributed by atoms with E-state index in [2.05, 4.69) is 46.5 Å². The summed E-state index contributed by atoms with van der Waals surface area (Å²) >= 11 is 1.35. The molecule has 7 heteroatoms. The lowest BCUT2D eigenvalue weighted by Gasteiger charge is -2.11. The number of rotatable bonds is 8. The monoisotopic (exact) mass is 443 g/mol. The van der Waals surface area contributed by atoms with E-state index in [1.54, 1.807) is 12.4 Å². The van der Waals surface area contributed by atoms with E-state index < -0.39 is 0 Å². The molecule has 2 aromatic carbocycles. The molecule has 0 unspecified atom stereocenters. The maximum absolute atomic E-state index is 12.6. The van der Waals surface area contributed by atoms with E-state index in [0.29, 0.717) is 16.9 Å². The number of nitrogens with zero attached hydrogens (tertiary/aromatic N) is 4. The normalized spacial score (nSPS) is 11.8. The number of carbonyl (C=O) groups excluding carboxylic acids is 1. The van der Waals surface area contributed by atoms with Crippen LogP contribution in [0.2, 0.25) is 0 Å². The third-order valence-corrected chi connectivity index (χ3v) is 6.20. The Balaban J connectivity index is 1.50. The van der Waals surface area contributed by atoms with Crippen molar-refractivity contribution in [1.29, 1.82) is 0 Å². The van der Waals surface area contributed by atoms with Crippen molar-refractivity contribution in [2.75, 3.05) is 11.1 Å². The van der Waals surface area contributed by atoms with Gasteiger partial charge in [0.25, 0.3) is 0 Å². The summed E-state index contributed by atoms with van der Waals surface area (Å²) in [4.78, 5) is 16.8. The predicted octanol–water partition coefficient (Wildman–Crippen LogP) is 5.57. The Bertz CT molecular complexity index is 1160.